The van der Waals surface area contributed by atoms with Crippen LogP contribution in [0.2, 0.25) is 0 Å². The zero-order valence-corrected chi connectivity index (χ0v) is 17.1. The van der Waals surface area contributed by atoms with Gasteiger partial charge in [-0.15, -0.1) is 20.1 Å². The van der Waals surface area contributed by atoms with Gasteiger partial charge in [-0.2, -0.15) is 4.99 Å². The third-order valence-corrected chi connectivity index (χ3v) is 5.44. The fraction of sp³-hybridized carbons (Fsp3) is 0.238. The zero-order chi connectivity index (χ0) is 21.3. The molecule has 9 heteroatoms. The summed E-state index contributed by atoms with van der Waals surface area (Å²) in [6.45, 7) is 3.86. The van der Waals surface area contributed by atoms with E-state index in [0.29, 0.717) is 16.9 Å². The lowest BCUT2D eigenvalue weighted by Gasteiger charge is -2.15. The van der Waals surface area contributed by atoms with Crippen molar-refractivity contribution in [1.29, 1.82) is 0 Å². The Balaban J connectivity index is 1.62. The molecule has 30 heavy (non-hydrogen) atoms. The summed E-state index contributed by atoms with van der Waals surface area (Å²) in [7, 11) is 0. The third-order valence-electron chi connectivity index (χ3n) is 4.54. The van der Waals surface area contributed by atoms with Gasteiger partial charge in [0.1, 0.15) is 0 Å². The standard InChI is InChI=1S/C21H19F2N3O3S/c1-3-16(14-7-5-4-6-8-14)24-19(27)25-20-26(12-13(2)30-20)15-9-10-17-18(11-15)29-21(22,23)28-17/h4-12,16H,3H2,1-2H3,(H,24,27)/b25-20-. The number of hydrogen-bond acceptors (Lipinski definition) is 4. The van der Waals surface area contributed by atoms with Gasteiger partial charge in [-0.25, -0.2) is 4.79 Å². The minimum absolute atomic E-state index is 0.0406. The van der Waals surface area contributed by atoms with Gasteiger partial charge in [-0.05, 0) is 31.0 Å². The largest absolute Gasteiger partial charge is 0.586 e. The Bertz CT molecular complexity index is 1140. The highest BCUT2D eigenvalue weighted by atomic mass is 32.1. The minimum Gasteiger partial charge on any atom is -0.395 e. The molecule has 0 radical (unpaired) electrons. The predicted octanol–water partition coefficient (Wildman–Crippen LogP) is 4.93. The van der Waals surface area contributed by atoms with E-state index in [9.17, 15) is 13.6 Å². The molecule has 6 nitrogen and oxygen atoms in total. The Hall–Kier alpha value is -3.20. The number of carbonyl (C=O) groups is 1. The topological polar surface area (TPSA) is 64.9 Å². The maximum Gasteiger partial charge on any atom is 0.586 e. The van der Waals surface area contributed by atoms with Crippen LogP contribution in [0.3, 0.4) is 0 Å². The number of fused-ring (bicyclic) bond motifs is 1. The molecule has 3 aromatic rings. The second-order valence-corrected chi connectivity index (χ2v) is 7.94. The number of amides is 2. The lowest BCUT2D eigenvalue weighted by molar-refractivity contribution is -0.286. The summed E-state index contributed by atoms with van der Waals surface area (Å²) >= 11 is 1.32. The number of benzene rings is 2. The van der Waals surface area contributed by atoms with Gasteiger partial charge in [0.15, 0.2) is 16.3 Å². The zero-order valence-electron chi connectivity index (χ0n) is 16.3. The van der Waals surface area contributed by atoms with Crippen LogP contribution in [0.4, 0.5) is 13.6 Å². The predicted molar refractivity (Wildman–Crippen MR) is 108 cm³/mol. The van der Waals surface area contributed by atoms with Crippen LogP contribution in [0.1, 0.15) is 29.8 Å². The van der Waals surface area contributed by atoms with E-state index >= 15 is 0 Å². The number of nitrogens with zero attached hydrogens (tertiary/aromatic N) is 2. The van der Waals surface area contributed by atoms with Crippen LogP contribution in [0, 0.1) is 6.92 Å². The fourth-order valence-corrected chi connectivity index (χ4v) is 4.01. The first kappa shape index (κ1) is 20.1. The smallest absolute Gasteiger partial charge is 0.395 e. The Labute approximate surface area is 175 Å². The molecular weight excluding hydrogens is 412 g/mol. The van der Waals surface area contributed by atoms with Gasteiger partial charge in [-0.3, -0.25) is 4.57 Å². The number of aromatic nitrogens is 1. The van der Waals surface area contributed by atoms with Gasteiger partial charge in [-0.1, -0.05) is 37.3 Å². The molecule has 1 aromatic heterocycles. The molecule has 0 aliphatic carbocycles. The molecule has 2 heterocycles. The quantitative estimate of drug-likeness (QED) is 0.637. The summed E-state index contributed by atoms with van der Waals surface area (Å²) in [5.74, 6) is -0.111. The Kier molecular flexibility index (Phi) is 5.29. The van der Waals surface area contributed by atoms with Gasteiger partial charge in [0.25, 0.3) is 0 Å². The van der Waals surface area contributed by atoms with E-state index in [-0.39, 0.29) is 17.5 Å². The van der Waals surface area contributed by atoms with Crippen molar-refractivity contribution in [2.75, 3.05) is 0 Å². The normalized spacial score (nSPS) is 15.8. The number of nitrogens with one attached hydrogen (secondary N) is 1. The van der Waals surface area contributed by atoms with Gasteiger partial charge >= 0.3 is 12.3 Å². The van der Waals surface area contributed by atoms with Crippen molar-refractivity contribution in [3.05, 3.63) is 70.0 Å². The summed E-state index contributed by atoms with van der Waals surface area (Å²) in [6, 6.07) is 13.4. The number of ether oxygens (including phenoxy) is 2. The van der Waals surface area contributed by atoms with Crippen molar-refractivity contribution in [3.63, 3.8) is 0 Å². The number of aryl methyl sites for hydroxylation is 1. The number of alkyl halides is 2. The number of carbonyl (C=O) groups excluding carboxylic acids is 1. The lowest BCUT2D eigenvalue weighted by Crippen LogP contribution is -2.28. The fourth-order valence-electron chi connectivity index (χ4n) is 3.18. The van der Waals surface area contributed by atoms with Crippen LogP contribution in [0.15, 0.2) is 59.7 Å². The Morgan fingerprint density at radius 1 is 1.20 bits per heavy atom. The van der Waals surface area contributed by atoms with Crippen molar-refractivity contribution < 1.29 is 23.0 Å². The highest BCUT2D eigenvalue weighted by Crippen LogP contribution is 2.41. The van der Waals surface area contributed by atoms with Crippen LogP contribution in [0.5, 0.6) is 11.5 Å². The molecular formula is C21H19F2N3O3S. The molecule has 0 bridgehead atoms. The molecule has 0 saturated carbocycles. The molecule has 1 aliphatic heterocycles. The van der Waals surface area contributed by atoms with E-state index in [1.165, 1.54) is 23.5 Å². The highest BCUT2D eigenvalue weighted by Gasteiger charge is 2.43. The Morgan fingerprint density at radius 2 is 1.93 bits per heavy atom. The molecule has 1 N–H and O–H groups in total. The van der Waals surface area contributed by atoms with Crippen LogP contribution in [0.25, 0.3) is 5.69 Å². The number of thiazole rings is 1. The number of urea groups is 1. The van der Waals surface area contributed by atoms with Gasteiger partial charge in [0.05, 0.1) is 11.7 Å². The number of rotatable bonds is 4. The second-order valence-electron chi connectivity index (χ2n) is 6.73. The molecule has 1 unspecified atom stereocenters. The first-order chi connectivity index (χ1) is 14.3. The van der Waals surface area contributed by atoms with Crippen LogP contribution in [-0.4, -0.2) is 16.9 Å². The van der Waals surface area contributed by atoms with E-state index in [2.05, 4.69) is 19.8 Å². The summed E-state index contributed by atoms with van der Waals surface area (Å²) < 4.78 is 37.2. The summed E-state index contributed by atoms with van der Waals surface area (Å²) in [6.07, 6.45) is -1.19. The monoisotopic (exact) mass is 431 g/mol. The van der Waals surface area contributed by atoms with Gasteiger partial charge in [0, 0.05) is 17.1 Å². The van der Waals surface area contributed by atoms with Crippen molar-refractivity contribution in [3.8, 4) is 17.2 Å². The first-order valence-electron chi connectivity index (χ1n) is 9.34. The highest BCUT2D eigenvalue weighted by molar-refractivity contribution is 7.09. The van der Waals surface area contributed by atoms with E-state index in [1.807, 2.05) is 44.2 Å². The average Bonchev–Trinajstić information content (AvgIpc) is 3.23. The average molecular weight is 431 g/mol. The molecule has 4 rings (SSSR count). The number of hydrogen-bond donors (Lipinski definition) is 1. The second kappa shape index (κ2) is 7.91. The van der Waals surface area contributed by atoms with Crippen LogP contribution >= 0.6 is 11.3 Å². The maximum absolute atomic E-state index is 13.3. The van der Waals surface area contributed by atoms with E-state index < -0.39 is 12.3 Å². The molecule has 2 amide bonds. The van der Waals surface area contributed by atoms with Gasteiger partial charge in [0.2, 0.25) is 0 Å². The van der Waals surface area contributed by atoms with E-state index in [1.54, 1.807) is 16.8 Å². The summed E-state index contributed by atoms with van der Waals surface area (Å²) in [5, 5.41) is 2.92. The lowest BCUT2D eigenvalue weighted by atomic mass is 10.1. The van der Waals surface area contributed by atoms with E-state index in [0.717, 1.165) is 10.4 Å². The third kappa shape index (κ3) is 4.20. The summed E-state index contributed by atoms with van der Waals surface area (Å²) in [4.78, 5) is 18.1. The van der Waals surface area contributed by atoms with Crippen molar-refractivity contribution >= 4 is 17.4 Å². The molecule has 1 atom stereocenters. The van der Waals surface area contributed by atoms with Crippen molar-refractivity contribution in [2.45, 2.75) is 32.6 Å². The Morgan fingerprint density at radius 3 is 2.67 bits per heavy atom. The van der Waals surface area contributed by atoms with Crippen molar-refractivity contribution in [2.24, 2.45) is 4.99 Å². The molecule has 156 valence electrons. The molecule has 1 aliphatic rings. The van der Waals surface area contributed by atoms with Crippen molar-refractivity contribution in [1.82, 2.24) is 9.88 Å². The number of halogens is 2. The molecule has 0 spiro atoms. The van der Waals surface area contributed by atoms with E-state index in [4.69, 9.17) is 0 Å². The van der Waals surface area contributed by atoms with Crippen LogP contribution < -0.4 is 19.6 Å². The SMILES string of the molecule is CCC(NC(=O)/N=c1\sc(C)cn1-c1ccc2c(c1)OC(F)(F)O2)c1ccccc1. The maximum atomic E-state index is 13.3. The molecule has 0 fully saturated rings. The van der Waals surface area contributed by atoms with Gasteiger partial charge < -0.3 is 14.8 Å². The summed E-state index contributed by atoms with van der Waals surface area (Å²) in [5.41, 5.74) is 1.52. The first-order valence-corrected chi connectivity index (χ1v) is 10.2. The molecule has 0 saturated heterocycles. The van der Waals surface area contributed by atoms with Crippen LogP contribution in [-0.2, 0) is 0 Å². The molecule has 2 aromatic carbocycles. The minimum atomic E-state index is -3.68.